The summed E-state index contributed by atoms with van der Waals surface area (Å²) in [6.07, 6.45) is 7.15. The number of ketones is 1. The molecule has 2 saturated carbocycles. The van der Waals surface area contributed by atoms with E-state index in [2.05, 4.69) is 16.0 Å². The van der Waals surface area contributed by atoms with E-state index in [1.165, 1.54) is 0 Å². The molecule has 0 aromatic carbocycles. The number of primary amides is 1. The average molecular weight is 608 g/mol. The Morgan fingerprint density at radius 1 is 0.977 bits per heavy atom. The maximum absolute atomic E-state index is 13.2. The highest BCUT2D eigenvalue weighted by Gasteiger charge is 2.43. The Morgan fingerprint density at radius 2 is 1.58 bits per heavy atom. The first-order chi connectivity index (χ1) is 19.9. The zero-order valence-corrected chi connectivity index (χ0v) is 27.2. The molecule has 3 rings (SSSR count). The topological polar surface area (TPSA) is 177 Å². The molecule has 4 unspecified atom stereocenters. The van der Waals surface area contributed by atoms with E-state index in [0.717, 1.165) is 38.5 Å². The Bertz CT molecular complexity index is 1030. The van der Waals surface area contributed by atoms with Crippen LogP contribution >= 0.6 is 0 Å². The summed E-state index contributed by atoms with van der Waals surface area (Å²) >= 11 is 0. The van der Waals surface area contributed by atoms with Gasteiger partial charge in [0.2, 0.25) is 18.1 Å². The third-order valence-corrected chi connectivity index (χ3v) is 8.45. The molecule has 0 aromatic rings. The smallest absolute Gasteiger partial charge is 0.329 e. The molecule has 0 bridgehead atoms. The molecule has 0 radical (unpaired) electrons. The van der Waals surface area contributed by atoms with Gasteiger partial charge in [0.25, 0.3) is 5.91 Å². The minimum Gasteiger partial charge on any atom is -0.458 e. The van der Waals surface area contributed by atoms with Crippen LogP contribution in [0.5, 0.6) is 0 Å². The van der Waals surface area contributed by atoms with Crippen LogP contribution in [0.4, 0.5) is 4.79 Å². The number of nitrogens with zero attached hydrogens (tertiary/aromatic N) is 1. The Kier molecular flexibility index (Phi) is 12.6. The first kappa shape index (κ1) is 36.0. The second kappa shape index (κ2) is 15.0. The van der Waals surface area contributed by atoms with Gasteiger partial charge in [-0.3, -0.25) is 19.2 Å². The van der Waals surface area contributed by atoms with Crippen molar-refractivity contribution in [3.63, 3.8) is 0 Å². The van der Waals surface area contributed by atoms with Crippen molar-refractivity contribution in [2.45, 2.75) is 130 Å². The van der Waals surface area contributed by atoms with Crippen molar-refractivity contribution in [2.75, 3.05) is 6.54 Å². The fourth-order valence-electron chi connectivity index (χ4n) is 5.26. The number of amides is 5. The highest BCUT2D eigenvalue weighted by Crippen LogP contribution is 2.41. The number of hydrogen-bond acceptors (Lipinski definition) is 7. The Morgan fingerprint density at radius 3 is 2.00 bits per heavy atom. The van der Waals surface area contributed by atoms with Crippen LogP contribution in [0.1, 0.15) is 100 Å². The van der Waals surface area contributed by atoms with E-state index in [9.17, 15) is 28.8 Å². The van der Waals surface area contributed by atoms with E-state index in [1.807, 2.05) is 60.3 Å². The van der Waals surface area contributed by atoms with E-state index < -0.39 is 52.8 Å². The summed E-state index contributed by atoms with van der Waals surface area (Å²) in [7, 11) is 0. The van der Waals surface area contributed by atoms with Crippen LogP contribution in [-0.4, -0.2) is 77.2 Å². The second-order valence-corrected chi connectivity index (χ2v) is 14.2. The summed E-state index contributed by atoms with van der Waals surface area (Å²) in [5, 5.41) is 7.91. The number of urea groups is 1. The Balaban J connectivity index is 0.000000413. The quantitative estimate of drug-likeness (QED) is 0.141. The number of nitrogens with two attached hydrogens (primary N) is 1. The summed E-state index contributed by atoms with van der Waals surface area (Å²) in [5.74, 6) is -1.49. The molecule has 2 aliphatic carbocycles. The van der Waals surface area contributed by atoms with E-state index >= 15 is 0 Å². The molecule has 4 atom stereocenters. The number of nitrogens with one attached hydrogen (secondary N) is 3. The summed E-state index contributed by atoms with van der Waals surface area (Å²) in [5.41, 5.74) is 3.83. The van der Waals surface area contributed by atoms with Gasteiger partial charge in [0, 0.05) is 12.6 Å². The van der Waals surface area contributed by atoms with Crippen molar-refractivity contribution < 1.29 is 33.5 Å². The third-order valence-electron chi connectivity index (χ3n) is 8.45. The Labute approximate surface area is 256 Å². The molecule has 12 heteroatoms. The minimum atomic E-state index is -0.986. The van der Waals surface area contributed by atoms with Crippen molar-refractivity contribution in [3.05, 3.63) is 0 Å². The number of rotatable bonds is 13. The number of likely N-dealkylation sites (tertiary alicyclic amines) is 1. The van der Waals surface area contributed by atoms with Gasteiger partial charge in [0.05, 0.1) is 6.04 Å². The molecular weight excluding hydrogens is 554 g/mol. The molecule has 244 valence electrons. The molecule has 1 saturated heterocycles. The summed E-state index contributed by atoms with van der Waals surface area (Å²) in [4.78, 5) is 72.4. The van der Waals surface area contributed by atoms with Gasteiger partial charge in [0.1, 0.15) is 17.7 Å². The summed E-state index contributed by atoms with van der Waals surface area (Å²) in [6, 6.07) is -2.51. The zero-order chi connectivity index (χ0) is 32.7. The van der Waals surface area contributed by atoms with Crippen LogP contribution in [0.2, 0.25) is 0 Å². The van der Waals surface area contributed by atoms with Crippen LogP contribution in [0.3, 0.4) is 0 Å². The molecular formula is C31H53N5O7. The van der Waals surface area contributed by atoms with Crippen LogP contribution in [-0.2, 0) is 28.7 Å². The highest BCUT2D eigenvalue weighted by atomic mass is 16.6. The average Bonchev–Trinajstić information content (AvgIpc) is 3.82. The lowest BCUT2D eigenvalue weighted by atomic mass is 9.85. The van der Waals surface area contributed by atoms with Gasteiger partial charge < -0.3 is 31.3 Å². The number of ether oxygens (including phenoxy) is 1. The van der Waals surface area contributed by atoms with Gasteiger partial charge in [-0.25, -0.2) is 9.59 Å². The van der Waals surface area contributed by atoms with E-state index in [0.29, 0.717) is 31.2 Å². The van der Waals surface area contributed by atoms with Gasteiger partial charge >= 0.3 is 12.0 Å². The highest BCUT2D eigenvalue weighted by molar-refractivity contribution is 6.37. The number of carbonyl (C=O) groups is 6. The number of Topliss-reactive ketones (excluding diaryl/α,β-unsaturated/α-hetero) is 1. The lowest BCUT2D eigenvalue weighted by molar-refractivity contribution is -0.162. The van der Waals surface area contributed by atoms with Crippen LogP contribution in [0.15, 0.2) is 0 Å². The fraction of sp³-hybridized carbons (Fsp3) is 0.806. The number of hydrogen-bond donors (Lipinski definition) is 4. The molecule has 1 heterocycles. The summed E-state index contributed by atoms with van der Waals surface area (Å²) in [6.45, 7) is 16.1. The minimum absolute atomic E-state index is 0.0683. The zero-order valence-electron chi connectivity index (χ0n) is 27.2. The molecule has 3 fully saturated rings. The van der Waals surface area contributed by atoms with Crippen LogP contribution in [0, 0.1) is 23.2 Å². The largest absolute Gasteiger partial charge is 0.458 e. The van der Waals surface area contributed by atoms with Gasteiger partial charge in [-0.2, -0.15) is 0 Å². The molecule has 3 aliphatic rings. The van der Waals surface area contributed by atoms with Crippen LogP contribution < -0.4 is 21.7 Å². The van der Waals surface area contributed by atoms with Crippen molar-refractivity contribution in [2.24, 2.45) is 28.9 Å². The Hall–Kier alpha value is -3.18. The molecule has 5 N–H and O–H groups in total. The lowest BCUT2D eigenvalue weighted by Gasteiger charge is -2.35. The van der Waals surface area contributed by atoms with Crippen LogP contribution in [0.25, 0.3) is 0 Å². The molecule has 43 heavy (non-hydrogen) atoms. The lowest BCUT2D eigenvalue weighted by Crippen LogP contribution is -2.59. The van der Waals surface area contributed by atoms with Gasteiger partial charge in [0.15, 0.2) is 0 Å². The van der Waals surface area contributed by atoms with E-state index in [1.54, 1.807) is 0 Å². The molecule has 0 aromatic heterocycles. The SMILES string of the molecule is CC(C)C(NC(=O)NC(C(=O)N1CCCC1C)C(C)(C)C)C(=O)OC(C)(C)C1CC1.NC(=O)C(=O)C(CC1CC1)NC=O. The number of carbonyl (C=O) groups excluding carboxylic acids is 6. The molecule has 1 aliphatic heterocycles. The van der Waals surface area contributed by atoms with Gasteiger partial charge in [-0.05, 0) is 76.0 Å². The predicted molar refractivity (Wildman–Crippen MR) is 161 cm³/mol. The fourth-order valence-corrected chi connectivity index (χ4v) is 5.26. The van der Waals surface area contributed by atoms with E-state index in [-0.39, 0.29) is 17.9 Å². The molecule has 0 spiro atoms. The first-order valence-corrected chi connectivity index (χ1v) is 15.5. The first-order valence-electron chi connectivity index (χ1n) is 15.5. The van der Waals surface area contributed by atoms with Crippen molar-refractivity contribution in [1.82, 2.24) is 20.9 Å². The van der Waals surface area contributed by atoms with Crippen molar-refractivity contribution in [3.8, 4) is 0 Å². The van der Waals surface area contributed by atoms with Gasteiger partial charge in [-0.15, -0.1) is 0 Å². The predicted octanol–water partition coefficient (Wildman–Crippen LogP) is 2.42. The molecule has 12 nitrogen and oxygen atoms in total. The third kappa shape index (κ3) is 11.1. The maximum Gasteiger partial charge on any atom is 0.329 e. The monoisotopic (exact) mass is 607 g/mol. The number of esters is 1. The van der Waals surface area contributed by atoms with Crippen molar-refractivity contribution in [1.29, 1.82) is 0 Å². The standard InChI is InChI=1S/C23H41N3O4.C8H12N2O3/c1-14(2)17(20(28)30-23(7,8)16-11-12-16)24-21(29)25-18(22(4,5)6)19(27)26-13-9-10-15(26)3;9-8(13)7(12)6(10-4-11)3-5-1-2-5/h14-18H,9-13H2,1-8H3,(H2,24,25,29);4-6H,1-3H2,(H2,9,13)(H,10,11). The van der Waals surface area contributed by atoms with E-state index in [4.69, 9.17) is 10.5 Å². The second-order valence-electron chi connectivity index (χ2n) is 14.2. The molecule has 5 amide bonds. The van der Waals surface area contributed by atoms with Gasteiger partial charge in [-0.1, -0.05) is 47.5 Å². The summed E-state index contributed by atoms with van der Waals surface area (Å²) < 4.78 is 5.74. The van der Waals surface area contributed by atoms with Crippen molar-refractivity contribution >= 4 is 36.0 Å². The maximum atomic E-state index is 13.2. The normalized spacial score (nSPS) is 20.6.